The van der Waals surface area contributed by atoms with E-state index in [0.717, 1.165) is 0 Å². The second-order valence-electron chi connectivity index (χ2n) is 5.55. The van der Waals surface area contributed by atoms with Crippen LogP contribution < -0.4 is 10.8 Å². The van der Waals surface area contributed by atoms with E-state index < -0.39 is 23.9 Å². The van der Waals surface area contributed by atoms with Gasteiger partial charge in [-0.25, -0.2) is 13.8 Å². The maximum absolute atomic E-state index is 13.1. The minimum atomic E-state index is -5.08. The summed E-state index contributed by atoms with van der Waals surface area (Å²) >= 11 is 3.05. The molecule has 0 unspecified atom stereocenters. The van der Waals surface area contributed by atoms with E-state index in [1.165, 1.54) is 30.6 Å². The van der Waals surface area contributed by atoms with Gasteiger partial charge in [0.25, 0.3) is 5.91 Å². The summed E-state index contributed by atoms with van der Waals surface area (Å²) in [6, 6.07) is 7.42. The molecular weight excluding hydrogens is 524 g/mol. The van der Waals surface area contributed by atoms with E-state index in [0.29, 0.717) is 11.3 Å². The molecule has 0 spiro atoms. The van der Waals surface area contributed by atoms with E-state index >= 15 is 0 Å². The minimum absolute atomic E-state index is 0.0655. The highest BCUT2D eigenvalue weighted by molar-refractivity contribution is 9.10. The molecule has 0 atom stereocenters. The van der Waals surface area contributed by atoms with Crippen LogP contribution in [0.3, 0.4) is 0 Å². The second-order valence-corrected chi connectivity index (χ2v) is 6.41. The fourth-order valence-electron chi connectivity index (χ4n) is 1.76. The monoisotopic (exact) mass is 534 g/mol. The number of carboxylic acid groups (broad SMARTS) is 1. The van der Waals surface area contributed by atoms with Crippen molar-refractivity contribution in [3.05, 3.63) is 64.3 Å². The maximum atomic E-state index is 13.1. The Labute approximate surface area is 189 Å². The van der Waals surface area contributed by atoms with Crippen molar-refractivity contribution < 1.29 is 41.8 Å². The molecule has 33 heavy (non-hydrogen) atoms. The summed E-state index contributed by atoms with van der Waals surface area (Å²) in [6.45, 7) is 0. The lowest BCUT2D eigenvalue weighted by Gasteiger charge is -2.03. The van der Waals surface area contributed by atoms with Gasteiger partial charge in [-0.1, -0.05) is 5.16 Å². The Morgan fingerprint density at radius 3 is 2.58 bits per heavy atom. The number of carbonyl (C=O) groups excluding carboxylic acids is 1. The molecule has 0 bridgehead atoms. The Morgan fingerprint density at radius 1 is 1.24 bits per heavy atom. The summed E-state index contributed by atoms with van der Waals surface area (Å²) in [5, 5.41) is 20.5. The number of aliphatic carboxylic acids is 1. The Balaban J connectivity index is 0.000000479. The molecule has 3 aromatic rings. The second kappa shape index (κ2) is 11.5. The van der Waals surface area contributed by atoms with Crippen molar-refractivity contribution in [2.45, 2.75) is 6.18 Å². The molecule has 0 saturated carbocycles. The predicted octanol–water partition coefficient (Wildman–Crippen LogP) is 3.63. The van der Waals surface area contributed by atoms with Crippen LogP contribution >= 0.6 is 15.9 Å². The standard InChI is InChI=1S/C15H10BrFN6O3.C2HF3O2/c16-11-6-10(3-4-12(11)17)21-25-19-8-13-14(23-26-22-13)20-15(24)9-2-1-5-18-7-9;3-2(4,5)1(6)7/h1-8,21H,(H,20,23,24);(H,6,7)/b19-8+;. The average Bonchev–Trinajstić information content (AvgIpc) is 3.21. The number of anilines is 2. The number of aromatic nitrogens is 3. The van der Waals surface area contributed by atoms with Gasteiger partial charge in [0.15, 0.2) is 5.69 Å². The molecule has 1 amide bonds. The van der Waals surface area contributed by atoms with Crippen LogP contribution in [0.1, 0.15) is 16.1 Å². The van der Waals surface area contributed by atoms with Crippen molar-refractivity contribution in [2.75, 3.05) is 10.8 Å². The first-order chi connectivity index (χ1) is 15.6. The SMILES string of the molecule is O=C(Nc1nonc1/C=N/ONc1ccc(F)c(Br)c1)c1cccnc1.O=C(O)C(F)(F)F. The normalized spacial score (nSPS) is 10.8. The van der Waals surface area contributed by atoms with Gasteiger partial charge < -0.3 is 10.4 Å². The van der Waals surface area contributed by atoms with E-state index in [1.807, 2.05) is 0 Å². The summed E-state index contributed by atoms with van der Waals surface area (Å²) in [4.78, 5) is 29.7. The molecule has 0 aliphatic carbocycles. The summed E-state index contributed by atoms with van der Waals surface area (Å²) < 4.78 is 49.7. The van der Waals surface area contributed by atoms with Crippen molar-refractivity contribution >= 4 is 45.5 Å². The van der Waals surface area contributed by atoms with Crippen LogP contribution in [-0.2, 0) is 9.73 Å². The van der Waals surface area contributed by atoms with Gasteiger partial charge in [-0.2, -0.15) is 18.7 Å². The van der Waals surface area contributed by atoms with Crippen LogP contribution in [0.4, 0.5) is 29.1 Å². The van der Waals surface area contributed by atoms with Gasteiger partial charge >= 0.3 is 12.1 Å². The fraction of sp³-hybridized carbons (Fsp3) is 0.0588. The summed E-state index contributed by atoms with van der Waals surface area (Å²) in [5.41, 5.74) is 3.45. The van der Waals surface area contributed by atoms with E-state index in [-0.39, 0.29) is 16.0 Å². The van der Waals surface area contributed by atoms with Crippen molar-refractivity contribution in [1.82, 2.24) is 15.3 Å². The van der Waals surface area contributed by atoms with E-state index in [2.05, 4.69) is 51.8 Å². The molecule has 174 valence electrons. The van der Waals surface area contributed by atoms with E-state index in [1.54, 1.807) is 18.3 Å². The van der Waals surface area contributed by atoms with Gasteiger partial charge in [0.05, 0.1) is 15.7 Å². The third kappa shape index (κ3) is 8.17. The summed E-state index contributed by atoms with van der Waals surface area (Å²) in [6.07, 6.45) is -0.943. The topological polar surface area (TPSA) is 152 Å². The molecule has 11 nitrogen and oxygen atoms in total. The maximum Gasteiger partial charge on any atom is 0.490 e. The van der Waals surface area contributed by atoms with Crippen LogP contribution in [-0.4, -0.2) is 44.7 Å². The molecule has 3 rings (SSSR count). The molecule has 3 N–H and O–H groups in total. The third-order valence-electron chi connectivity index (χ3n) is 3.22. The first kappa shape index (κ1) is 25.2. The van der Waals surface area contributed by atoms with Gasteiger partial charge in [-0.05, 0) is 56.6 Å². The molecule has 16 heteroatoms. The number of oxime groups is 1. The highest BCUT2D eigenvalue weighted by Gasteiger charge is 2.38. The fourth-order valence-corrected chi connectivity index (χ4v) is 2.14. The number of hydrogen-bond donors (Lipinski definition) is 3. The Kier molecular flexibility index (Phi) is 8.79. The molecule has 0 radical (unpaired) electrons. The molecular formula is C17H11BrF4N6O5. The zero-order valence-corrected chi connectivity index (χ0v) is 17.5. The van der Waals surface area contributed by atoms with Gasteiger partial charge in [-0.3, -0.25) is 14.7 Å². The number of carbonyl (C=O) groups is 2. The van der Waals surface area contributed by atoms with Crippen LogP contribution in [0.2, 0.25) is 0 Å². The molecule has 0 fully saturated rings. The molecule has 2 aromatic heterocycles. The van der Waals surface area contributed by atoms with Crippen molar-refractivity contribution in [2.24, 2.45) is 5.16 Å². The smallest absolute Gasteiger partial charge is 0.475 e. The van der Waals surface area contributed by atoms with Crippen molar-refractivity contribution in [3.8, 4) is 0 Å². The highest BCUT2D eigenvalue weighted by Crippen LogP contribution is 2.20. The molecule has 0 aliphatic rings. The number of nitrogens with zero attached hydrogens (tertiary/aromatic N) is 4. The van der Waals surface area contributed by atoms with Gasteiger partial charge in [0.2, 0.25) is 5.82 Å². The Bertz CT molecular complexity index is 1130. The van der Waals surface area contributed by atoms with Crippen LogP contribution in [0.25, 0.3) is 0 Å². The van der Waals surface area contributed by atoms with Crippen LogP contribution in [0.5, 0.6) is 0 Å². The number of rotatable bonds is 6. The average molecular weight is 535 g/mol. The third-order valence-corrected chi connectivity index (χ3v) is 3.83. The summed E-state index contributed by atoms with van der Waals surface area (Å²) in [5.74, 6) is -3.52. The Hall–Kier alpha value is -4.08. The predicted molar refractivity (Wildman–Crippen MR) is 107 cm³/mol. The van der Waals surface area contributed by atoms with Crippen molar-refractivity contribution in [1.29, 1.82) is 0 Å². The zero-order valence-electron chi connectivity index (χ0n) is 15.9. The highest BCUT2D eigenvalue weighted by atomic mass is 79.9. The van der Waals surface area contributed by atoms with Crippen LogP contribution in [0, 0.1) is 5.82 Å². The van der Waals surface area contributed by atoms with E-state index in [9.17, 15) is 22.4 Å². The molecule has 0 saturated heterocycles. The van der Waals surface area contributed by atoms with E-state index in [4.69, 9.17) is 14.8 Å². The largest absolute Gasteiger partial charge is 0.490 e. The Morgan fingerprint density at radius 2 is 1.97 bits per heavy atom. The summed E-state index contributed by atoms with van der Waals surface area (Å²) in [7, 11) is 0. The number of amides is 1. The number of halogens is 5. The lowest BCUT2D eigenvalue weighted by molar-refractivity contribution is -0.192. The number of pyridine rings is 1. The van der Waals surface area contributed by atoms with Crippen molar-refractivity contribution in [3.63, 3.8) is 0 Å². The number of hydrogen-bond acceptors (Lipinski definition) is 9. The zero-order chi connectivity index (χ0) is 24.4. The number of nitrogens with one attached hydrogen (secondary N) is 2. The molecule has 0 aliphatic heterocycles. The number of benzene rings is 1. The van der Waals surface area contributed by atoms with Gasteiger partial charge in [0, 0.05) is 12.4 Å². The quantitative estimate of drug-likeness (QED) is 0.244. The van der Waals surface area contributed by atoms with Gasteiger partial charge in [-0.15, -0.1) is 0 Å². The minimum Gasteiger partial charge on any atom is -0.475 e. The lowest BCUT2D eigenvalue weighted by Crippen LogP contribution is -2.21. The first-order valence-corrected chi connectivity index (χ1v) is 9.11. The molecule has 1 aromatic carbocycles. The van der Waals surface area contributed by atoms with Crippen LogP contribution in [0.15, 0.2) is 57.0 Å². The lowest BCUT2D eigenvalue weighted by atomic mass is 10.2. The van der Waals surface area contributed by atoms with Gasteiger partial charge in [0.1, 0.15) is 12.0 Å². The number of alkyl halides is 3. The number of carboxylic acids is 1. The molecule has 2 heterocycles. The first-order valence-electron chi connectivity index (χ1n) is 8.32.